The van der Waals surface area contributed by atoms with E-state index in [0.29, 0.717) is 0 Å². The van der Waals surface area contributed by atoms with Crippen molar-refractivity contribution >= 4 is 15.7 Å². The molecule has 0 aromatic carbocycles. The van der Waals surface area contributed by atoms with Gasteiger partial charge in [-0.15, -0.1) is 0 Å². The maximum absolute atomic E-state index is 8.67. The standard InChI is InChI=1S/AsHO3.Zn/c2-1(3)4;/h2H;/q-2;+2. The molecular weight excluding hydrogens is 188 g/mol. The van der Waals surface area contributed by atoms with Crippen molar-refractivity contribution in [1.29, 1.82) is 0 Å². The van der Waals surface area contributed by atoms with Crippen LogP contribution < -0.4 is 8.19 Å². The molecule has 0 aliphatic heterocycles. The van der Waals surface area contributed by atoms with E-state index in [-0.39, 0.29) is 19.5 Å². The molecule has 0 aromatic rings. The second kappa shape index (κ2) is 5.06. The molecule has 5 heavy (non-hydrogen) atoms. The molecular formula is HAsO3Zn. The fourth-order valence-electron chi connectivity index (χ4n) is 0. The van der Waals surface area contributed by atoms with Gasteiger partial charge >= 0.3 is 47.4 Å². The van der Waals surface area contributed by atoms with Gasteiger partial charge in [0.2, 0.25) is 0 Å². The van der Waals surface area contributed by atoms with Crippen LogP contribution in [0.3, 0.4) is 0 Å². The van der Waals surface area contributed by atoms with Gasteiger partial charge in [-0.25, -0.2) is 0 Å². The summed E-state index contributed by atoms with van der Waals surface area (Å²) >= 11 is -3.69. The molecule has 0 saturated heterocycles. The van der Waals surface area contributed by atoms with E-state index < -0.39 is 15.7 Å². The molecule has 0 amide bonds. The molecule has 0 radical (unpaired) electrons. The first-order valence-corrected chi connectivity index (χ1v) is 2.94. The van der Waals surface area contributed by atoms with Crippen molar-refractivity contribution in [3.05, 3.63) is 0 Å². The average molecular weight is 189 g/mol. The quantitative estimate of drug-likeness (QED) is 0.406. The van der Waals surface area contributed by atoms with E-state index in [1.165, 1.54) is 0 Å². The van der Waals surface area contributed by atoms with Crippen LogP contribution >= 0.6 is 0 Å². The van der Waals surface area contributed by atoms with Gasteiger partial charge in [-0.3, -0.25) is 0 Å². The molecule has 0 aliphatic rings. The number of hydrogen-bond donors (Lipinski definition) is 1. The Hall–Kier alpha value is 1.06. The second-order valence-electron chi connectivity index (χ2n) is 0.238. The van der Waals surface area contributed by atoms with E-state index in [2.05, 4.69) is 0 Å². The van der Waals surface area contributed by atoms with Crippen LogP contribution in [0, 0.1) is 0 Å². The third-order valence-electron chi connectivity index (χ3n) is 0. The maximum atomic E-state index is 8.67. The zero-order chi connectivity index (χ0) is 3.58. The van der Waals surface area contributed by atoms with Crippen LogP contribution in [-0.4, -0.2) is 19.8 Å². The summed E-state index contributed by atoms with van der Waals surface area (Å²) in [5.74, 6) is 0. The third kappa shape index (κ3) is 42.1. The van der Waals surface area contributed by atoms with Crippen molar-refractivity contribution in [3.8, 4) is 0 Å². The molecule has 0 heterocycles. The summed E-state index contributed by atoms with van der Waals surface area (Å²) in [6.45, 7) is 0. The van der Waals surface area contributed by atoms with Gasteiger partial charge in [0.25, 0.3) is 0 Å². The first-order valence-electron chi connectivity index (χ1n) is 0.565. The summed E-state index contributed by atoms with van der Waals surface area (Å²) in [6.07, 6.45) is 0. The van der Waals surface area contributed by atoms with Crippen molar-refractivity contribution in [2.45, 2.75) is 0 Å². The molecule has 0 aliphatic carbocycles. The normalized spacial score (nSPS) is 7.20. The van der Waals surface area contributed by atoms with E-state index in [1.54, 1.807) is 0 Å². The Labute approximate surface area is 47.7 Å². The molecule has 5 heteroatoms. The van der Waals surface area contributed by atoms with Crippen LogP contribution in [0.1, 0.15) is 0 Å². The smallest absolute Gasteiger partial charge is 2.00 e. The predicted molar refractivity (Wildman–Crippen MR) is 7.97 cm³/mol. The van der Waals surface area contributed by atoms with Gasteiger partial charge in [0.1, 0.15) is 0 Å². The van der Waals surface area contributed by atoms with E-state index in [4.69, 9.17) is 12.3 Å². The summed E-state index contributed by atoms with van der Waals surface area (Å²) in [5, 5.41) is 0. The van der Waals surface area contributed by atoms with Gasteiger partial charge < -0.3 is 0 Å². The largest absolute Gasteiger partial charge is 2.00 e. The zero-order valence-electron chi connectivity index (χ0n) is 2.42. The number of rotatable bonds is 0. The minimum Gasteiger partial charge on any atom is 2.00 e. The van der Waals surface area contributed by atoms with Crippen molar-refractivity contribution in [2.24, 2.45) is 0 Å². The summed E-state index contributed by atoms with van der Waals surface area (Å²) in [6, 6.07) is 0. The molecule has 3 nitrogen and oxygen atoms in total. The van der Waals surface area contributed by atoms with Gasteiger partial charge in [0.15, 0.2) is 0 Å². The van der Waals surface area contributed by atoms with Crippen LogP contribution in [0.15, 0.2) is 0 Å². The topological polar surface area (TPSA) is 66.3 Å². The van der Waals surface area contributed by atoms with Crippen LogP contribution in [0.4, 0.5) is 0 Å². The SMILES string of the molecule is [O-][As]([O-])O.[Zn+2]. The van der Waals surface area contributed by atoms with Gasteiger partial charge in [0.05, 0.1) is 0 Å². The Morgan fingerprint density at radius 1 is 1.40 bits per heavy atom. The third-order valence-corrected chi connectivity index (χ3v) is 0. The summed E-state index contributed by atoms with van der Waals surface area (Å²) in [5.41, 5.74) is 0. The van der Waals surface area contributed by atoms with Crippen LogP contribution in [0.25, 0.3) is 0 Å². The molecule has 0 saturated carbocycles. The monoisotopic (exact) mass is 188 g/mol. The number of hydrogen-bond acceptors (Lipinski definition) is 3. The summed E-state index contributed by atoms with van der Waals surface area (Å²) in [7, 11) is 0. The molecule has 0 atom stereocenters. The molecule has 0 fully saturated rings. The Bertz CT molecular complexity index is 11.6. The molecule has 0 unspecified atom stereocenters. The molecule has 0 rings (SSSR count). The molecule has 0 aromatic heterocycles. The van der Waals surface area contributed by atoms with E-state index in [1.807, 2.05) is 0 Å². The van der Waals surface area contributed by atoms with Crippen molar-refractivity contribution in [3.63, 3.8) is 0 Å². The molecule has 1 N–H and O–H groups in total. The maximum Gasteiger partial charge on any atom is 2.00 e. The van der Waals surface area contributed by atoms with Gasteiger partial charge in [0, 0.05) is 0 Å². The van der Waals surface area contributed by atoms with E-state index in [0.717, 1.165) is 0 Å². The van der Waals surface area contributed by atoms with Crippen LogP contribution in [0.2, 0.25) is 0 Å². The van der Waals surface area contributed by atoms with Crippen LogP contribution in [-0.2, 0) is 19.5 Å². The molecule has 0 spiro atoms. The second-order valence-corrected chi connectivity index (χ2v) is 1.24. The van der Waals surface area contributed by atoms with E-state index in [9.17, 15) is 0 Å². The fourth-order valence-corrected chi connectivity index (χ4v) is 0. The predicted octanol–water partition coefficient (Wildman–Crippen LogP) is -3.32. The Morgan fingerprint density at radius 2 is 1.40 bits per heavy atom. The Kier molecular flexibility index (Phi) is 9.53. The fraction of sp³-hybridized carbons (Fsp3) is 0. The van der Waals surface area contributed by atoms with Crippen molar-refractivity contribution in [1.82, 2.24) is 0 Å². The van der Waals surface area contributed by atoms with Gasteiger partial charge in [-0.05, 0) is 0 Å². The van der Waals surface area contributed by atoms with Crippen molar-refractivity contribution < 1.29 is 31.8 Å². The summed E-state index contributed by atoms with van der Waals surface area (Å²) < 4.78 is 24.4. The minimum atomic E-state index is -3.69. The first kappa shape index (κ1) is 9.41. The zero-order valence-corrected chi connectivity index (χ0v) is 7.26. The average Bonchev–Trinajstić information content (AvgIpc) is 0.811. The summed E-state index contributed by atoms with van der Waals surface area (Å²) in [4.78, 5) is 0. The van der Waals surface area contributed by atoms with Crippen molar-refractivity contribution in [2.75, 3.05) is 0 Å². The van der Waals surface area contributed by atoms with Gasteiger partial charge in [-0.1, -0.05) is 0 Å². The van der Waals surface area contributed by atoms with Crippen LogP contribution in [0.5, 0.6) is 0 Å². The first-order chi connectivity index (χ1) is 1.73. The molecule has 0 bridgehead atoms. The Balaban J connectivity index is 0. The van der Waals surface area contributed by atoms with E-state index >= 15 is 0 Å². The molecule has 26 valence electrons. The van der Waals surface area contributed by atoms with Gasteiger partial charge in [-0.2, -0.15) is 0 Å². The minimum absolute atomic E-state index is 0. The Morgan fingerprint density at radius 3 is 1.40 bits per heavy atom.